The summed E-state index contributed by atoms with van der Waals surface area (Å²) in [7, 11) is 0. The molecule has 0 aliphatic heterocycles. The smallest absolute Gasteiger partial charge is 0.277 e. The number of benzene rings is 2. The molecule has 0 saturated heterocycles. The van der Waals surface area contributed by atoms with Crippen molar-refractivity contribution in [3.8, 4) is 0 Å². The number of rotatable bonds is 7. The molecule has 0 aliphatic rings. The number of hydrogen-bond donors (Lipinski definition) is 3. The number of H-pyrrole nitrogens is 1. The first-order valence-electron chi connectivity index (χ1n) is 10.5. The number of carbonyl (C=O) groups is 1. The van der Waals surface area contributed by atoms with Crippen LogP contribution in [-0.2, 0) is 17.8 Å². The lowest BCUT2D eigenvalue weighted by molar-refractivity contribution is -0.116. The second-order valence-corrected chi connectivity index (χ2v) is 7.82. The number of amides is 1. The summed E-state index contributed by atoms with van der Waals surface area (Å²) in [6.07, 6.45) is 0.480. The fourth-order valence-electron chi connectivity index (χ4n) is 3.54. The fourth-order valence-corrected chi connectivity index (χ4v) is 3.54. The molecule has 0 bridgehead atoms. The van der Waals surface area contributed by atoms with Crippen molar-refractivity contribution in [3.63, 3.8) is 0 Å². The van der Waals surface area contributed by atoms with Gasteiger partial charge in [-0.2, -0.15) is 9.50 Å². The molecular weight excluding hydrogens is 404 g/mol. The molecule has 2 aromatic heterocycles. The Labute approximate surface area is 185 Å². The number of nitrogens with one attached hydrogen (secondary N) is 3. The summed E-state index contributed by atoms with van der Waals surface area (Å²) in [6, 6.07) is 15.7. The summed E-state index contributed by atoms with van der Waals surface area (Å²) in [5.41, 5.74) is 4.87. The Hall–Kier alpha value is -3.94. The van der Waals surface area contributed by atoms with Crippen molar-refractivity contribution in [1.29, 1.82) is 0 Å². The van der Waals surface area contributed by atoms with Crippen LogP contribution in [0.5, 0.6) is 0 Å². The molecule has 0 atom stereocenters. The van der Waals surface area contributed by atoms with Gasteiger partial charge in [-0.3, -0.25) is 14.7 Å². The van der Waals surface area contributed by atoms with Gasteiger partial charge >= 0.3 is 0 Å². The Bertz CT molecular complexity index is 1320. The molecule has 1 amide bonds. The molecule has 0 radical (unpaired) electrons. The van der Waals surface area contributed by atoms with Gasteiger partial charge in [-0.15, -0.1) is 0 Å². The van der Waals surface area contributed by atoms with E-state index in [-0.39, 0.29) is 17.9 Å². The van der Waals surface area contributed by atoms with Crippen molar-refractivity contribution in [2.45, 2.75) is 40.2 Å². The highest BCUT2D eigenvalue weighted by Crippen LogP contribution is 2.18. The van der Waals surface area contributed by atoms with Gasteiger partial charge in [0.25, 0.3) is 11.3 Å². The van der Waals surface area contributed by atoms with Crippen LogP contribution in [-0.4, -0.2) is 25.5 Å². The zero-order valence-corrected chi connectivity index (χ0v) is 18.4. The molecule has 8 nitrogen and oxygen atoms in total. The number of aromatic nitrogens is 4. The van der Waals surface area contributed by atoms with Crippen LogP contribution in [0.4, 0.5) is 11.6 Å². The van der Waals surface area contributed by atoms with E-state index in [9.17, 15) is 9.59 Å². The number of aryl methyl sites for hydroxylation is 2. The topological polar surface area (TPSA) is 104 Å². The van der Waals surface area contributed by atoms with E-state index in [1.165, 1.54) is 4.52 Å². The minimum Gasteiger partial charge on any atom is -0.351 e. The average Bonchev–Trinajstić information content (AvgIpc) is 3.19. The van der Waals surface area contributed by atoms with Crippen molar-refractivity contribution in [2.75, 3.05) is 10.6 Å². The van der Waals surface area contributed by atoms with E-state index in [2.05, 4.69) is 25.7 Å². The zero-order chi connectivity index (χ0) is 22.7. The van der Waals surface area contributed by atoms with Crippen LogP contribution in [0.15, 0.2) is 53.3 Å². The first kappa shape index (κ1) is 21.3. The number of hydrogen-bond acceptors (Lipinski definition) is 5. The van der Waals surface area contributed by atoms with E-state index in [1.54, 1.807) is 6.92 Å². The average molecular weight is 431 g/mol. The molecule has 0 aliphatic carbocycles. The zero-order valence-electron chi connectivity index (χ0n) is 18.4. The van der Waals surface area contributed by atoms with Crippen LogP contribution in [0.3, 0.4) is 0 Å². The van der Waals surface area contributed by atoms with Crippen LogP contribution in [0, 0.1) is 20.8 Å². The van der Waals surface area contributed by atoms with Crippen LogP contribution in [0.25, 0.3) is 5.78 Å². The molecular formula is C24H26N6O2. The second kappa shape index (κ2) is 9.05. The second-order valence-electron chi connectivity index (χ2n) is 7.82. The molecule has 4 rings (SSSR count). The largest absolute Gasteiger partial charge is 0.351 e. The monoisotopic (exact) mass is 430 g/mol. The first-order chi connectivity index (χ1) is 15.4. The lowest BCUT2D eigenvalue weighted by Gasteiger charge is -2.10. The van der Waals surface area contributed by atoms with Crippen molar-refractivity contribution in [1.82, 2.24) is 19.6 Å². The summed E-state index contributed by atoms with van der Waals surface area (Å²) in [4.78, 5) is 34.3. The Morgan fingerprint density at radius 1 is 1.03 bits per heavy atom. The number of anilines is 2. The summed E-state index contributed by atoms with van der Waals surface area (Å²) in [6.45, 7) is 6.31. The Balaban J connectivity index is 1.47. The van der Waals surface area contributed by atoms with Crippen LogP contribution >= 0.6 is 0 Å². The molecule has 0 unspecified atom stereocenters. The molecule has 8 heteroatoms. The quantitative estimate of drug-likeness (QED) is 0.416. The van der Waals surface area contributed by atoms with Gasteiger partial charge in [-0.25, -0.2) is 4.98 Å². The number of aromatic amines is 1. The summed E-state index contributed by atoms with van der Waals surface area (Å²) in [5.74, 6) is 0.617. The van der Waals surface area contributed by atoms with E-state index in [4.69, 9.17) is 0 Å². The van der Waals surface area contributed by atoms with Gasteiger partial charge in [0.2, 0.25) is 11.9 Å². The Kier molecular flexibility index (Phi) is 6.02. The third-order valence-electron chi connectivity index (χ3n) is 5.58. The first-order valence-corrected chi connectivity index (χ1v) is 10.5. The molecule has 3 N–H and O–H groups in total. The van der Waals surface area contributed by atoms with Crippen molar-refractivity contribution in [3.05, 3.63) is 86.8 Å². The molecule has 0 saturated carbocycles. The summed E-state index contributed by atoms with van der Waals surface area (Å²) >= 11 is 0. The fraction of sp³-hybridized carbons (Fsp3) is 0.250. The minimum atomic E-state index is -0.243. The third-order valence-corrected chi connectivity index (χ3v) is 5.58. The van der Waals surface area contributed by atoms with Crippen LogP contribution in [0.2, 0.25) is 0 Å². The normalized spacial score (nSPS) is 11.0. The maximum absolute atomic E-state index is 13.0. The maximum atomic E-state index is 13.0. The van der Waals surface area contributed by atoms with E-state index in [0.717, 1.165) is 22.4 Å². The summed E-state index contributed by atoms with van der Waals surface area (Å²) < 4.78 is 1.32. The van der Waals surface area contributed by atoms with E-state index in [1.807, 2.05) is 62.4 Å². The van der Waals surface area contributed by atoms with E-state index < -0.39 is 0 Å². The minimum absolute atomic E-state index is 0.141. The number of fused-ring (bicyclic) bond motifs is 1. The predicted octanol–water partition coefficient (Wildman–Crippen LogP) is 3.53. The van der Waals surface area contributed by atoms with Crippen molar-refractivity contribution < 1.29 is 4.79 Å². The maximum Gasteiger partial charge on any atom is 0.277 e. The SMILES string of the molecule is Cc1cccc(NC(=O)CCc2c(C)nc3nc(NCc4ccccc4)[nH]n3c2=O)c1C. The molecule has 32 heavy (non-hydrogen) atoms. The predicted molar refractivity (Wildman–Crippen MR) is 125 cm³/mol. The van der Waals surface area contributed by atoms with Gasteiger partial charge in [0, 0.05) is 24.2 Å². The van der Waals surface area contributed by atoms with Gasteiger partial charge in [0.05, 0.1) is 5.69 Å². The number of carbonyl (C=O) groups excluding carboxylic acids is 1. The van der Waals surface area contributed by atoms with Gasteiger partial charge in [-0.05, 0) is 49.9 Å². The van der Waals surface area contributed by atoms with Crippen LogP contribution in [0.1, 0.15) is 34.4 Å². The highest BCUT2D eigenvalue weighted by atomic mass is 16.1. The number of nitrogens with zero attached hydrogens (tertiary/aromatic N) is 3. The van der Waals surface area contributed by atoms with Gasteiger partial charge in [0.1, 0.15) is 0 Å². The Morgan fingerprint density at radius 2 is 1.81 bits per heavy atom. The third kappa shape index (κ3) is 4.54. The van der Waals surface area contributed by atoms with Crippen molar-refractivity contribution in [2.24, 2.45) is 0 Å². The van der Waals surface area contributed by atoms with Crippen molar-refractivity contribution >= 4 is 23.3 Å². The van der Waals surface area contributed by atoms with E-state index >= 15 is 0 Å². The molecule has 2 heterocycles. The van der Waals surface area contributed by atoms with Gasteiger partial charge in [0.15, 0.2) is 0 Å². The molecule has 0 fully saturated rings. The lowest BCUT2D eigenvalue weighted by Crippen LogP contribution is -2.23. The summed E-state index contributed by atoms with van der Waals surface area (Å²) in [5, 5.41) is 9.07. The standard InChI is InChI=1S/C24H26N6O2/c1-15-8-7-11-20(16(15)2)27-21(31)13-12-19-17(3)26-24-28-23(29-30(24)22(19)32)25-14-18-9-5-4-6-10-18/h4-11H,12-14H2,1-3H3,(H,27,31)(H2,25,26,28,29). The van der Waals surface area contributed by atoms with Gasteiger partial charge < -0.3 is 10.6 Å². The lowest BCUT2D eigenvalue weighted by atomic mass is 10.1. The van der Waals surface area contributed by atoms with E-state index in [0.29, 0.717) is 35.9 Å². The van der Waals surface area contributed by atoms with Crippen LogP contribution < -0.4 is 16.2 Å². The van der Waals surface area contributed by atoms with Gasteiger partial charge in [-0.1, -0.05) is 42.5 Å². The Morgan fingerprint density at radius 3 is 2.59 bits per heavy atom. The molecule has 4 aromatic rings. The highest BCUT2D eigenvalue weighted by Gasteiger charge is 2.15. The molecule has 2 aromatic carbocycles. The highest BCUT2D eigenvalue weighted by molar-refractivity contribution is 5.91. The molecule has 164 valence electrons. The molecule has 0 spiro atoms.